The Balaban J connectivity index is 3.57. The number of rotatable bonds is 5. The van der Waals surface area contributed by atoms with Crippen LogP contribution in [0.1, 0.15) is 24.2 Å². The summed E-state index contributed by atoms with van der Waals surface area (Å²) in [5.74, 6) is -0.452. The van der Waals surface area contributed by atoms with Gasteiger partial charge in [-0.15, -0.1) is 0 Å². The van der Waals surface area contributed by atoms with Crippen molar-refractivity contribution >= 4 is 35.5 Å². The van der Waals surface area contributed by atoms with Gasteiger partial charge in [-0.25, -0.2) is 16.8 Å². The smallest absolute Gasteiger partial charge is 0.261 e. The molecule has 0 unspecified atom stereocenters. The molecule has 0 aliphatic heterocycles. The second kappa shape index (κ2) is 6.33. The van der Waals surface area contributed by atoms with Gasteiger partial charge in [0.1, 0.15) is 0 Å². The SMILES string of the molecule is CCN(CC)C(=O)c1cc(S(C)(=O)=O)cc(S(=O)(=O)Cl)c1. The van der Waals surface area contributed by atoms with Crippen LogP contribution in [0.15, 0.2) is 28.0 Å². The Labute approximate surface area is 129 Å². The van der Waals surface area contributed by atoms with Crippen LogP contribution in [-0.2, 0) is 18.9 Å². The molecule has 0 bridgehead atoms. The van der Waals surface area contributed by atoms with Gasteiger partial charge in [-0.05, 0) is 32.0 Å². The van der Waals surface area contributed by atoms with E-state index in [-0.39, 0.29) is 10.5 Å². The van der Waals surface area contributed by atoms with Gasteiger partial charge in [-0.2, -0.15) is 0 Å². The maximum atomic E-state index is 12.3. The summed E-state index contributed by atoms with van der Waals surface area (Å²) < 4.78 is 46.1. The van der Waals surface area contributed by atoms with E-state index in [1.807, 2.05) is 0 Å². The minimum Gasteiger partial charge on any atom is -0.339 e. The highest BCUT2D eigenvalue weighted by atomic mass is 35.7. The van der Waals surface area contributed by atoms with Gasteiger partial charge >= 0.3 is 0 Å². The van der Waals surface area contributed by atoms with Gasteiger partial charge in [0.05, 0.1) is 9.79 Å². The summed E-state index contributed by atoms with van der Waals surface area (Å²) >= 11 is 0. The second-order valence-electron chi connectivity index (χ2n) is 4.38. The van der Waals surface area contributed by atoms with E-state index >= 15 is 0 Å². The van der Waals surface area contributed by atoms with Crippen molar-refractivity contribution in [3.8, 4) is 0 Å². The Hall–Kier alpha value is -1.12. The molecule has 0 radical (unpaired) electrons. The van der Waals surface area contributed by atoms with Crippen molar-refractivity contribution in [1.29, 1.82) is 0 Å². The number of benzene rings is 1. The van der Waals surface area contributed by atoms with Gasteiger partial charge in [0.2, 0.25) is 0 Å². The molecule has 1 amide bonds. The van der Waals surface area contributed by atoms with Crippen LogP contribution >= 0.6 is 10.7 Å². The number of sulfone groups is 1. The molecule has 0 aliphatic rings. The summed E-state index contributed by atoms with van der Waals surface area (Å²) in [6.45, 7) is 4.37. The number of nitrogens with zero attached hydrogens (tertiary/aromatic N) is 1. The molecule has 1 rings (SSSR count). The van der Waals surface area contributed by atoms with E-state index in [0.717, 1.165) is 24.5 Å². The van der Waals surface area contributed by atoms with Crippen molar-refractivity contribution in [2.75, 3.05) is 19.3 Å². The van der Waals surface area contributed by atoms with Crippen molar-refractivity contribution in [2.24, 2.45) is 0 Å². The van der Waals surface area contributed by atoms with Crippen molar-refractivity contribution in [3.63, 3.8) is 0 Å². The van der Waals surface area contributed by atoms with E-state index in [9.17, 15) is 21.6 Å². The fourth-order valence-corrected chi connectivity index (χ4v) is 3.30. The molecule has 0 saturated heterocycles. The highest BCUT2D eigenvalue weighted by Gasteiger charge is 2.21. The summed E-state index contributed by atoms with van der Waals surface area (Å²) in [7, 11) is -2.56. The third-order valence-electron chi connectivity index (χ3n) is 2.89. The van der Waals surface area contributed by atoms with Crippen molar-refractivity contribution in [3.05, 3.63) is 23.8 Å². The Morgan fingerprint density at radius 2 is 1.52 bits per heavy atom. The fourth-order valence-electron chi connectivity index (χ4n) is 1.74. The molecule has 6 nitrogen and oxygen atoms in total. The quantitative estimate of drug-likeness (QED) is 0.748. The summed E-state index contributed by atoms with van der Waals surface area (Å²) in [6.07, 6.45) is 0.929. The fraction of sp³-hybridized carbons (Fsp3) is 0.417. The highest BCUT2D eigenvalue weighted by Crippen LogP contribution is 2.23. The molecule has 0 aliphatic carbocycles. The number of halogens is 1. The number of amides is 1. The Morgan fingerprint density at radius 1 is 1.05 bits per heavy atom. The lowest BCUT2D eigenvalue weighted by Crippen LogP contribution is -2.30. The maximum absolute atomic E-state index is 12.3. The summed E-state index contributed by atoms with van der Waals surface area (Å²) in [4.78, 5) is 13.0. The summed E-state index contributed by atoms with van der Waals surface area (Å²) in [6, 6.07) is 3.18. The van der Waals surface area contributed by atoms with E-state index < -0.39 is 29.7 Å². The average Bonchev–Trinajstić information content (AvgIpc) is 2.37. The molecule has 1 aromatic carbocycles. The molecule has 1 aromatic rings. The Bertz CT molecular complexity index is 702. The van der Waals surface area contributed by atoms with Gasteiger partial charge in [0.25, 0.3) is 15.0 Å². The first-order chi connectivity index (χ1) is 9.50. The second-order valence-corrected chi connectivity index (χ2v) is 8.96. The molecule has 0 atom stereocenters. The molecular formula is C12H16ClNO5S2. The van der Waals surface area contributed by atoms with Crippen molar-refractivity contribution in [2.45, 2.75) is 23.6 Å². The van der Waals surface area contributed by atoms with Crippen LogP contribution in [0.4, 0.5) is 0 Å². The van der Waals surface area contributed by atoms with Gasteiger partial charge in [-0.3, -0.25) is 4.79 Å². The normalized spacial score (nSPS) is 12.2. The van der Waals surface area contributed by atoms with Crippen LogP contribution in [0.5, 0.6) is 0 Å². The molecule has 118 valence electrons. The zero-order valence-corrected chi connectivity index (χ0v) is 14.2. The van der Waals surface area contributed by atoms with E-state index in [2.05, 4.69) is 0 Å². The molecule has 0 saturated carbocycles. The number of carbonyl (C=O) groups excluding carboxylic acids is 1. The third kappa shape index (κ3) is 4.42. The molecule has 0 heterocycles. The van der Waals surface area contributed by atoms with Gasteiger partial charge in [-0.1, -0.05) is 0 Å². The van der Waals surface area contributed by atoms with Crippen LogP contribution in [-0.4, -0.2) is 47.0 Å². The lowest BCUT2D eigenvalue weighted by Gasteiger charge is -2.19. The zero-order valence-electron chi connectivity index (χ0n) is 11.8. The van der Waals surface area contributed by atoms with Crippen LogP contribution in [0.3, 0.4) is 0 Å². The Morgan fingerprint density at radius 3 is 1.90 bits per heavy atom. The monoisotopic (exact) mass is 353 g/mol. The van der Waals surface area contributed by atoms with Crippen LogP contribution < -0.4 is 0 Å². The van der Waals surface area contributed by atoms with E-state index in [1.165, 1.54) is 4.90 Å². The van der Waals surface area contributed by atoms with Crippen LogP contribution in [0.2, 0.25) is 0 Å². The van der Waals surface area contributed by atoms with Crippen molar-refractivity contribution in [1.82, 2.24) is 4.90 Å². The number of hydrogen-bond donors (Lipinski definition) is 0. The standard InChI is InChI=1S/C12H16ClNO5S2/c1-4-14(5-2)12(15)9-6-10(20(3,16)17)8-11(7-9)21(13,18)19/h6-8H,4-5H2,1-3H3. The molecule has 0 aromatic heterocycles. The first-order valence-electron chi connectivity index (χ1n) is 6.09. The van der Waals surface area contributed by atoms with Crippen LogP contribution in [0, 0.1) is 0 Å². The molecule has 9 heteroatoms. The number of hydrogen-bond acceptors (Lipinski definition) is 5. The third-order valence-corrected chi connectivity index (χ3v) is 5.31. The topological polar surface area (TPSA) is 88.6 Å². The molecule has 0 N–H and O–H groups in total. The van der Waals surface area contributed by atoms with Crippen LogP contribution in [0.25, 0.3) is 0 Å². The first kappa shape index (κ1) is 17.9. The highest BCUT2D eigenvalue weighted by molar-refractivity contribution is 8.13. The predicted molar refractivity (Wildman–Crippen MR) is 79.8 cm³/mol. The van der Waals surface area contributed by atoms with Gasteiger partial charge < -0.3 is 4.90 Å². The van der Waals surface area contributed by atoms with Gasteiger partial charge in [0.15, 0.2) is 9.84 Å². The van der Waals surface area contributed by atoms with E-state index in [4.69, 9.17) is 10.7 Å². The summed E-state index contributed by atoms with van der Waals surface area (Å²) in [5.41, 5.74) is -0.0270. The molecule has 21 heavy (non-hydrogen) atoms. The molecule has 0 fully saturated rings. The van der Waals surface area contributed by atoms with Gasteiger partial charge in [0, 0.05) is 35.6 Å². The van der Waals surface area contributed by atoms with E-state index in [1.54, 1.807) is 13.8 Å². The average molecular weight is 354 g/mol. The Kier molecular flexibility index (Phi) is 5.40. The predicted octanol–water partition coefficient (Wildman–Crippen LogP) is 1.50. The minimum atomic E-state index is -4.14. The summed E-state index contributed by atoms with van der Waals surface area (Å²) in [5, 5.41) is 0. The maximum Gasteiger partial charge on any atom is 0.261 e. The lowest BCUT2D eigenvalue weighted by atomic mass is 10.2. The largest absolute Gasteiger partial charge is 0.339 e. The number of carbonyl (C=O) groups is 1. The van der Waals surface area contributed by atoms with Crippen molar-refractivity contribution < 1.29 is 21.6 Å². The first-order valence-corrected chi connectivity index (χ1v) is 10.3. The lowest BCUT2D eigenvalue weighted by molar-refractivity contribution is 0.0772. The molecular weight excluding hydrogens is 338 g/mol. The minimum absolute atomic E-state index is 0.0270. The van der Waals surface area contributed by atoms with E-state index in [0.29, 0.717) is 13.1 Å². The zero-order chi connectivity index (χ0) is 16.4. The molecule has 0 spiro atoms.